The van der Waals surface area contributed by atoms with Gasteiger partial charge in [0, 0.05) is 5.57 Å². The van der Waals surface area contributed by atoms with Crippen LogP contribution in [0.3, 0.4) is 0 Å². The van der Waals surface area contributed by atoms with Crippen molar-refractivity contribution in [2.75, 3.05) is 0 Å². The predicted molar refractivity (Wildman–Crippen MR) is 31.1 cm³/mol. The van der Waals surface area contributed by atoms with Gasteiger partial charge in [0.2, 0.25) is 0 Å². The lowest BCUT2D eigenvalue weighted by Gasteiger charge is -2.22. The number of ether oxygens (including phenoxy) is 1. The third-order valence-corrected chi connectivity index (χ3v) is 1.62. The minimum absolute atomic E-state index is 1.14. The minimum Gasteiger partial charge on any atom is -0.465 e. The Kier molecular flexibility index (Phi) is 0.720. The summed E-state index contributed by atoms with van der Waals surface area (Å²) in [6, 6.07) is 0. The molecule has 0 aromatic rings. The van der Waals surface area contributed by atoms with E-state index < -0.39 is 0 Å². The lowest BCUT2D eigenvalue weighted by atomic mass is 9.99. The van der Waals surface area contributed by atoms with E-state index in [4.69, 9.17) is 4.74 Å². The van der Waals surface area contributed by atoms with Gasteiger partial charge in [0.05, 0.1) is 6.26 Å². The van der Waals surface area contributed by atoms with Crippen LogP contribution >= 0.6 is 0 Å². The molecular weight excluding hydrogens is 100 g/mol. The summed E-state index contributed by atoms with van der Waals surface area (Å²) < 4.78 is 5.03. The molecule has 0 atom stereocenters. The van der Waals surface area contributed by atoms with Gasteiger partial charge in [-0.05, 0) is 25.3 Å². The molecule has 0 aromatic heterocycles. The number of fused-ring (bicyclic) bond motifs is 1. The SMILES string of the molecule is C1=C2CCCC=C2O1. The zero-order valence-electron chi connectivity index (χ0n) is 4.68. The molecule has 0 aromatic carbocycles. The first-order valence-electron chi connectivity index (χ1n) is 3.03. The highest BCUT2D eigenvalue weighted by Gasteiger charge is 2.17. The summed E-state index contributed by atoms with van der Waals surface area (Å²) in [5, 5.41) is 0. The first-order valence-corrected chi connectivity index (χ1v) is 3.03. The summed E-state index contributed by atoms with van der Waals surface area (Å²) in [6.45, 7) is 0. The van der Waals surface area contributed by atoms with Crippen LogP contribution in [-0.2, 0) is 4.74 Å². The Balaban J connectivity index is 2.31. The van der Waals surface area contributed by atoms with Crippen LogP contribution in [0.5, 0.6) is 0 Å². The monoisotopic (exact) mass is 108 g/mol. The zero-order chi connectivity index (χ0) is 5.40. The first-order chi connectivity index (χ1) is 3.97. The molecule has 8 heavy (non-hydrogen) atoms. The molecule has 0 N–H and O–H groups in total. The molecule has 0 bridgehead atoms. The van der Waals surface area contributed by atoms with E-state index in [0.29, 0.717) is 0 Å². The predicted octanol–water partition coefficient (Wildman–Crippen LogP) is 1.97. The number of allylic oxidation sites excluding steroid dienone is 2. The van der Waals surface area contributed by atoms with Gasteiger partial charge in [-0.25, -0.2) is 0 Å². The molecular formula is C7H8O. The Labute approximate surface area is 48.7 Å². The van der Waals surface area contributed by atoms with Crippen molar-refractivity contribution < 1.29 is 4.74 Å². The van der Waals surface area contributed by atoms with Crippen LogP contribution in [0.2, 0.25) is 0 Å². The van der Waals surface area contributed by atoms with Crippen molar-refractivity contribution in [3.63, 3.8) is 0 Å². The Morgan fingerprint density at radius 3 is 2.88 bits per heavy atom. The summed E-state index contributed by atoms with van der Waals surface area (Å²) in [5.74, 6) is 1.14. The molecule has 1 nitrogen and oxygen atoms in total. The van der Waals surface area contributed by atoms with E-state index in [-0.39, 0.29) is 0 Å². The highest BCUT2D eigenvalue weighted by atomic mass is 16.5. The molecule has 0 amide bonds. The Morgan fingerprint density at radius 1 is 1.50 bits per heavy atom. The van der Waals surface area contributed by atoms with E-state index in [1.807, 2.05) is 6.26 Å². The van der Waals surface area contributed by atoms with Gasteiger partial charge in [-0.1, -0.05) is 0 Å². The van der Waals surface area contributed by atoms with E-state index in [0.717, 1.165) is 5.76 Å². The average molecular weight is 108 g/mol. The van der Waals surface area contributed by atoms with Crippen LogP contribution in [0.15, 0.2) is 23.7 Å². The van der Waals surface area contributed by atoms with Crippen LogP contribution in [0, 0.1) is 0 Å². The molecule has 0 spiro atoms. The fraction of sp³-hybridized carbons (Fsp3) is 0.429. The van der Waals surface area contributed by atoms with Gasteiger partial charge in [-0.2, -0.15) is 0 Å². The molecule has 0 saturated heterocycles. The Morgan fingerprint density at radius 2 is 2.50 bits per heavy atom. The van der Waals surface area contributed by atoms with Gasteiger partial charge in [-0.3, -0.25) is 0 Å². The van der Waals surface area contributed by atoms with Crippen LogP contribution < -0.4 is 0 Å². The van der Waals surface area contributed by atoms with E-state index in [1.165, 1.54) is 24.8 Å². The fourth-order valence-electron chi connectivity index (χ4n) is 1.10. The molecule has 2 aliphatic rings. The highest BCUT2D eigenvalue weighted by Crippen LogP contribution is 2.31. The second kappa shape index (κ2) is 1.38. The van der Waals surface area contributed by atoms with Gasteiger partial charge in [0.15, 0.2) is 0 Å². The van der Waals surface area contributed by atoms with E-state index in [9.17, 15) is 0 Å². The number of hydrogen-bond donors (Lipinski definition) is 0. The lowest BCUT2D eigenvalue weighted by molar-refractivity contribution is 0.293. The van der Waals surface area contributed by atoms with Crippen molar-refractivity contribution in [3.8, 4) is 0 Å². The smallest absolute Gasteiger partial charge is 0.128 e. The minimum atomic E-state index is 1.14. The van der Waals surface area contributed by atoms with Crippen molar-refractivity contribution >= 4 is 0 Å². The summed E-state index contributed by atoms with van der Waals surface area (Å²) in [5.41, 5.74) is 1.41. The number of rotatable bonds is 0. The fourth-order valence-corrected chi connectivity index (χ4v) is 1.10. The maximum absolute atomic E-state index is 5.03. The largest absolute Gasteiger partial charge is 0.465 e. The van der Waals surface area contributed by atoms with Gasteiger partial charge in [-0.15, -0.1) is 0 Å². The Hall–Kier alpha value is -0.720. The standard InChI is InChI=1S/C7H8O/c1-2-4-7-6(3-1)5-8-7/h4-5H,1-3H2. The zero-order valence-corrected chi connectivity index (χ0v) is 4.68. The van der Waals surface area contributed by atoms with Crippen molar-refractivity contribution in [2.45, 2.75) is 19.3 Å². The van der Waals surface area contributed by atoms with Crippen LogP contribution in [0.4, 0.5) is 0 Å². The summed E-state index contributed by atoms with van der Waals surface area (Å²) in [6.07, 6.45) is 7.75. The molecule has 0 saturated carbocycles. The molecule has 2 rings (SSSR count). The Bertz CT molecular complexity index is 165. The quantitative estimate of drug-likeness (QED) is 0.461. The van der Waals surface area contributed by atoms with Crippen LogP contribution in [-0.4, -0.2) is 0 Å². The van der Waals surface area contributed by atoms with Crippen LogP contribution in [0.25, 0.3) is 0 Å². The molecule has 0 unspecified atom stereocenters. The molecule has 1 aliphatic carbocycles. The molecule has 0 radical (unpaired) electrons. The van der Waals surface area contributed by atoms with Crippen molar-refractivity contribution in [1.82, 2.24) is 0 Å². The van der Waals surface area contributed by atoms with Gasteiger partial charge < -0.3 is 4.74 Å². The lowest BCUT2D eigenvalue weighted by Crippen LogP contribution is -2.06. The average Bonchev–Trinajstić information content (AvgIpc) is 1.72. The molecule has 0 fully saturated rings. The van der Waals surface area contributed by atoms with Crippen molar-refractivity contribution in [2.24, 2.45) is 0 Å². The second-order valence-electron chi connectivity index (χ2n) is 2.22. The van der Waals surface area contributed by atoms with E-state index in [1.54, 1.807) is 0 Å². The van der Waals surface area contributed by atoms with Gasteiger partial charge in [0.25, 0.3) is 0 Å². The molecule has 42 valence electrons. The third-order valence-electron chi connectivity index (χ3n) is 1.62. The van der Waals surface area contributed by atoms with Crippen molar-refractivity contribution in [1.29, 1.82) is 0 Å². The van der Waals surface area contributed by atoms with E-state index in [2.05, 4.69) is 6.08 Å². The normalized spacial score (nSPS) is 24.0. The van der Waals surface area contributed by atoms with E-state index >= 15 is 0 Å². The van der Waals surface area contributed by atoms with Gasteiger partial charge in [0.1, 0.15) is 5.76 Å². The number of hydrogen-bond acceptors (Lipinski definition) is 1. The second-order valence-corrected chi connectivity index (χ2v) is 2.22. The topological polar surface area (TPSA) is 9.23 Å². The summed E-state index contributed by atoms with van der Waals surface area (Å²) >= 11 is 0. The van der Waals surface area contributed by atoms with Crippen molar-refractivity contribution in [3.05, 3.63) is 23.7 Å². The molecule has 1 heterocycles. The molecule has 1 heteroatoms. The highest BCUT2D eigenvalue weighted by molar-refractivity contribution is 5.33. The summed E-state index contributed by atoms with van der Waals surface area (Å²) in [4.78, 5) is 0. The first kappa shape index (κ1) is 4.19. The van der Waals surface area contributed by atoms with Gasteiger partial charge >= 0.3 is 0 Å². The summed E-state index contributed by atoms with van der Waals surface area (Å²) in [7, 11) is 0. The maximum Gasteiger partial charge on any atom is 0.128 e. The maximum atomic E-state index is 5.03. The van der Waals surface area contributed by atoms with Crippen LogP contribution in [0.1, 0.15) is 19.3 Å². The molecule has 1 aliphatic heterocycles. The third kappa shape index (κ3) is 0.414.